The Bertz CT molecular complexity index is 1520. The van der Waals surface area contributed by atoms with Crippen LogP contribution in [0.4, 0.5) is 0 Å². The summed E-state index contributed by atoms with van der Waals surface area (Å²) in [7, 11) is 0. The molecule has 9 heteroatoms. The maximum atomic E-state index is 13.1. The van der Waals surface area contributed by atoms with Crippen LogP contribution in [0.5, 0.6) is 0 Å². The molecule has 1 heterocycles. The van der Waals surface area contributed by atoms with Crippen LogP contribution >= 0.6 is 0 Å². The average Bonchev–Trinajstić information content (AvgIpc) is 3.47. The summed E-state index contributed by atoms with van der Waals surface area (Å²) in [6.45, 7) is 3.81. The van der Waals surface area contributed by atoms with Crippen LogP contribution in [-0.2, 0) is 14.3 Å². The predicted molar refractivity (Wildman–Crippen MR) is 373 cm³/mol. The minimum atomic E-state index is -1.58. The summed E-state index contributed by atoms with van der Waals surface area (Å²) >= 11 is 0. The number of aliphatic hydroxyl groups excluding tert-OH is 5. The molecular weight excluding hydrogens is 1080 g/mol. The standard InChI is InChI=1S/C78H147NO8/c1-3-5-7-9-11-13-15-17-19-21-23-25-27-29-31-33-34-35-36-37-38-40-42-44-46-48-50-52-54-56-58-60-62-64-66-68-74(82)79-71(70-86-78-77(85)76(84)75(83)73(69-80)87-78)72(81)67-65-63-61-59-57-55-53-51-49-47-45-43-41-39-32-30-28-26-24-22-20-18-16-14-12-10-8-6-4-2/h21,23,49,51,57,59,65,67,71-73,75-78,80-81,83-85H,3-20,22,24-48,50,52-56,58,60-64,66,68-70H2,1-2H3,(H,79,82)/b23-21-,51-49+,59-57+,67-65+. The van der Waals surface area contributed by atoms with Crippen molar-refractivity contribution in [1.29, 1.82) is 0 Å². The summed E-state index contributed by atoms with van der Waals surface area (Å²) < 4.78 is 11.3. The molecule has 7 unspecified atom stereocenters. The van der Waals surface area contributed by atoms with Crippen LogP contribution in [0.2, 0.25) is 0 Å². The van der Waals surface area contributed by atoms with E-state index in [4.69, 9.17) is 9.47 Å². The molecular formula is C78H147NO8. The molecule has 0 radical (unpaired) electrons. The van der Waals surface area contributed by atoms with E-state index >= 15 is 0 Å². The first-order valence-corrected chi connectivity index (χ1v) is 38.4. The molecule has 87 heavy (non-hydrogen) atoms. The van der Waals surface area contributed by atoms with Gasteiger partial charge in [0.15, 0.2) is 6.29 Å². The van der Waals surface area contributed by atoms with E-state index in [1.54, 1.807) is 6.08 Å². The average molecular weight is 1230 g/mol. The molecule has 6 N–H and O–H groups in total. The van der Waals surface area contributed by atoms with Crippen molar-refractivity contribution < 1.29 is 39.8 Å². The summed E-state index contributed by atoms with van der Waals surface area (Å²) in [5.74, 6) is -0.183. The van der Waals surface area contributed by atoms with Crippen molar-refractivity contribution >= 4 is 5.91 Å². The smallest absolute Gasteiger partial charge is 0.220 e. The molecule has 0 aliphatic carbocycles. The Labute approximate surface area is 539 Å². The van der Waals surface area contributed by atoms with E-state index < -0.39 is 49.5 Å². The van der Waals surface area contributed by atoms with Crippen molar-refractivity contribution in [3.05, 3.63) is 48.6 Å². The molecule has 1 amide bonds. The first-order chi connectivity index (χ1) is 42.8. The maximum absolute atomic E-state index is 13.1. The zero-order chi connectivity index (χ0) is 62.8. The molecule has 512 valence electrons. The first-order valence-electron chi connectivity index (χ1n) is 38.4. The van der Waals surface area contributed by atoms with E-state index in [1.807, 2.05) is 6.08 Å². The summed E-state index contributed by atoms with van der Waals surface area (Å²) in [6.07, 6.45) is 85.4. The summed E-state index contributed by atoms with van der Waals surface area (Å²) in [6, 6.07) is -0.830. The van der Waals surface area contributed by atoms with E-state index in [9.17, 15) is 30.3 Å². The SMILES string of the molecule is CCCCCCCCCC/C=C\CCCCCCCCCCCCCCCCCCCCCCCCCC(=O)NC(COC1OC(CO)C(O)C(O)C1O)C(O)/C=C/CC/C=C/CC/C=C/CCCCCCCCCCCCCCCCCCCCC. The van der Waals surface area contributed by atoms with Crippen LogP contribution in [0.15, 0.2) is 48.6 Å². The number of rotatable bonds is 68. The Morgan fingerprint density at radius 3 is 0.966 bits per heavy atom. The van der Waals surface area contributed by atoms with Gasteiger partial charge in [-0.1, -0.05) is 358 Å². The molecule has 0 spiro atoms. The largest absolute Gasteiger partial charge is 0.394 e. The fraction of sp³-hybridized carbons (Fsp3) is 0.885. The topological polar surface area (TPSA) is 149 Å². The number of hydrogen-bond donors (Lipinski definition) is 6. The number of allylic oxidation sites excluding steroid dienone is 7. The zero-order valence-corrected chi connectivity index (χ0v) is 57.5. The predicted octanol–water partition coefficient (Wildman–Crippen LogP) is 21.5. The lowest BCUT2D eigenvalue weighted by molar-refractivity contribution is -0.302. The number of aliphatic hydroxyl groups is 5. The minimum absolute atomic E-state index is 0.183. The number of carbonyl (C=O) groups excluding carboxylic acids is 1. The van der Waals surface area contributed by atoms with Gasteiger partial charge in [0.2, 0.25) is 5.91 Å². The van der Waals surface area contributed by atoms with Crippen LogP contribution < -0.4 is 5.32 Å². The maximum Gasteiger partial charge on any atom is 0.220 e. The molecule has 0 aromatic rings. The highest BCUT2D eigenvalue weighted by Crippen LogP contribution is 2.24. The highest BCUT2D eigenvalue weighted by atomic mass is 16.7. The summed E-state index contributed by atoms with van der Waals surface area (Å²) in [5, 5.41) is 54.8. The van der Waals surface area contributed by atoms with Gasteiger partial charge in [-0.2, -0.15) is 0 Å². The van der Waals surface area contributed by atoms with Crippen molar-refractivity contribution in [3.8, 4) is 0 Å². The van der Waals surface area contributed by atoms with E-state index in [0.29, 0.717) is 6.42 Å². The second-order valence-electron chi connectivity index (χ2n) is 26.8. The van der Waals surface area contributed by atoms with E-state index in [-0.39, 0.29) is 12.5 Å². The molecule has 1 aliphatic heterocycles. The number of nitrogens with one attached hydrogen (secondary N) is 1. The van der Waals surface area contributed by atoms with Crippen LogP contribution in [0, 0.1) is 0 Å². The van der Waals surface area contributed by atoms with Crippen molar-refractivity contribution in [2.75, 3.05) is 13.2 Å². The van der Waals surface area contributed by atoms with Crippen LogP contribution in [0.25, 0.3) is 0 Å². The van der Waals surface area contributed by atoms with Gasteiger partial charge in [0.25, 0.3) is 0 Å². The number of carbonyl (C=O) groups is 1. The second kappa shape index (κ2) is 67.1. The Balaban J connectivity index is 2.10. The number of ether oxygens (including phenoxy) is 2. The lowest BCUT2D eigenvalue weighted by Gasteiger charge is -2.40. The number of amides is 1. The Kier molecular flexibility index (Phi) is 64.1. The minimum Gasteiger partial charge on any atom is -0.394 e. The van der Waals surface area contributed by atoms with Gasteiger partial charge >= 0.3 is 0 Å². The third-order valence-corrected chi connectivity index (χ3v) is 18.4. The molecule has 1 saturated heterocycles. The number of unbranched alkanes of at least 4 members (excludes halogenated alkanes) is 52. The highest BCUT2D eigenvalue weighted by Gasteiger charge is 2.44. The number of hydrogen-bond acceptors (Lipinski definition) is 8. The Morgan fingerprint density at radius 2 is 0.655 bits per heavy atom. The van der Waals surface area contributed by atoms with Crippen molar-refractivity contribution in [2.45, 2.75) is 429 Å². The van der Waals surface area contributed by atoms with Crippen LogP contribution in [-0.4, -0.2) is 87.5 Å². The molecule has 1 rings (SSSR count). The molecule has 1 aliphatic rings. The molecule has 9 nitrogen and oxygen atoms in total. The molecule has 0 aromatic carbocycles. The van der Waals surface area contributed by atoms with Gasteiger partial charge in [-0.05, 0) is 70.6 Å². The summed E-state index contributed by atoms with van der Waals surface area (Å²) in [4.78, 5) is 13.1. The third kappa shape index (κ3) is 55.5. The molecule has 0 bridgehead atoms. The Morgan fingerprint density at radius 1 is 0.379 bits per heavy atom. The third-order valence-electron chi connectivity index (χ3n) is 18.4. The van der Waals surface area contributed by atoms with Gasteiger partial charge in [-0.15, -0.1) is 0 Å². The molecule has 1 fully saturated rings. The highest BCUT2D eigenvalue weighted by molar-refractivity contribution is 5.76. The lowest BCUT2D eigenvalue weighted by Crippen LogP contribution is -2.60. The second-order valence-corrected chi connectivity index (χ2v) is 26.8. The van der Waals surface area contributed by atoms with Gasteiger partial charge in [0.1, 0.15) is 24.4 Å². The lowest BCUT2D eigenvalue weighted by atomic mass is 9.99. The van der Waals surface area contributed by atoms with Crippen LogP contribution in [0.1, 0.15) is 386 Å². The monoisotopic (exact) mass is 1230 g/mol. The van der Waals surface area contributed by atoms with Crippen molar-refractivity contribution in [1.82, 2.24) is 5.32 Å². The van der Waals surface area contributed by atoms with Gasteiger partial charge < -0.3 is 40.3 Å². The fourth-order valence-electron chi connectivity index (χ4n) is 12.4. The van der Waals surface area contributed by atoms with Gasteiger partial charge in [-0.3, -0.25) is 4.79 Å². The summed E-state index contributed by atoms with van der Waals surface area (Å²) in [5.41, 5.74) is 0. The first kappa shape index (κ1) is 83.2. The quantitative estimate of drug-likeness (QED) is 0.0261. The van der Waals surface area contributed by atoms with E-state index in [2.05, 4.69) is 55.6 Å². The Hall–Kier alpha value is -1.85. The van der Waals surface area contributed by atoms with Gasteiger partial charge in [0, 0.05) is 6.42 Å². The van der Waals surface area contributed by atoms with E-state index in [1.165, 1.54) is 321 Å². The normalized spacial score (nSPS) is 18.2. The van der Waals surface area contributed by atoms with Gasteiger partial charge in [0.05, 0.1) is 25.4 Å². The van der Waals surface area contributed by atoms with Crippen LogP contribution in [0.3, 0.4) is 0 Å². The van der Waals surface area contributed by atoms with Crippen molar-refractivity contribution in [3.63, 3.8) is 0 Å². The van der Waals surface area contributed by atoms with Crippen molar-refractivity contribution in [2.24, 2.45) is 0 Å². The zero-order valence-electron chi connectivity index (χ0n) is 57.5. The fourth-order valence-corrected chi connectivity index (χ4v) is 12.4. The van der Waals surface area contributed by atoms with E-state index in [0.717, 1.165) is 44.9 Å². The molecule has 0 saturated carbocycles. The molecule has 0 aromatic heterocycles. The van der Waals surface area contributed by atoms with Gasteiger partial charge in [-0.25, -0.2) is 0 Å². The molecule has 7 atom stereocenters.